The van der Waals surface area contributed by atoms with E-state index in [0.717, 1.165) is 43.8 Å². The lowest BCUT2D eigenvalue weighted by Crippen LogP contribution is -2.18. The van der Waals surface area contributed by atoms with Crippen LogP contribution in [0.1, 0.15) is 109 Å². The molecule has 0 fully saturated rings. The summed E-state index contributed by atoms with van der Waals surface area (Å²) in [5.41, 5.74) is 0.805. The van der Waals surface area contributed by atoms with E-state index >= 15 is 0 Å². The number of fused-ring (bicyclic) bond motifs is 1. The second kappa shape index (κ2) is 14.9. The second-order valence-corrected chi connectivity index (χ2v) is 13.4. The minimum absolute atomic E-state index is 0.0206. The minimum atomic E-state index is -3.62. The number of hydrogen-bond donors (Lipinski definition) is 0. The fourth-order valence-corrected chi connectivity index (χ4v) is 6.16. The summed E-state index contributed by atoms with van der Waals surface area (Å²) in [6.07, 6.45) is 16.3. The lowest BCUT2D eigenvalue weighted by Gasteiger charge is -2.12. The molecule has 3 aromatic rings. The van der Waals surface area contributed by atoms with Crippen LogP contribution in [-0.2, 0) is 29.9 Å². The number of nitrogens with zero attached hydrogens (tertiary/aromatic N) is 6. The Morgan fingerprint density at radius 2 is 1.38 bits per heavy atom. The first-order chi connectivity index (χ1) is 18.6. The van der Waals surface area contributed by atoms with Crippen LogP contribution in [0.4, 0.5) is 0 Å². The first-order valence-corrected chi connectivity index (χ1v) is 16.2. The van der Waals surface area contributed by atoms with Crippen molar-refractivity contribution in [2.75, 3.05) is 0 Å². The molecule has 0 saturated heterocycles. The second-order valence-electron chi connectivity index (χ2n) is 10.6. The summed E-state index contributed by atoms with van der Waals surface area (Å²) < 4.78 is 33.9. The lowest BCUT2D eigenvalue weighted by molar-refractivity contribution is 0.375. The molecule has 3 rings (SSSR count). The average Bonchev–Trinajstić information content (AvgIpc) is 3.37. The van der Waals surface area contributed by atoms with Crippen molar-refractivity contribution in [3.63, 3.8) is 0 Å². The number of sulfone groups is 1. The maximum atomic E-state index is 12.9. The zero-order chi connectivity index (χ0) is 28.4. The van der Waals surface area contributed by atoms with Crippen LogP contribution >= 0.6 is 11.6 Å². The third kappa shape index (κ3) is 8.61. The Balaban J connectivity index is 1.27. The predicted octanol–water partition coefficient (Wildman–Crippen LogP) is 5.97. The van der Waals surface area contributed by atoms with Gasteiger partial charge in [0.1, 0.15) is 11.3 Å². The predicted molar refractivity (Wildman–Crippen MR) is 153 cm³/mol. The SMILES string of the molecule is Cc1nc2nc(Cl)nc(S(=O)(=O)C(C)C)c2n1CCCCCCCCCCCCCCCc1noc(=O)n1C. The van der Waals surface area contributed by atoms with E-state index in [1.807, 2.05) is 11.5 Å². The van der Waals surface area contributed by atoms with Crippen molar-refractivity contribution in [2.24, 2.45) is 7.05 Å². The molecule has 0 unspecified atom stereocenters. The summed E-state index contributed by atoms with van der Waals surface area (Å²) >= 11 is 6.01. The Kier molecular flexibility index (Phi) is 12.0. The van der Waals surface area contributed by atoms with E-state index in [1.54, 1.807) is 20.9 Å². The largest absolute Gasteiger partial charge is 0.441 e. The molecule has 218 valence electrons. The number of halogens is 1. The van der Waals surface area contributed by atoms with Gasteiger partial charge in [-0.2, -0.15) is 4.98 Å². The Labute approximate surface area is 236 Å². The first-order valence-electron chi connectivity index (χ1n) is 14.3. The molecular formula is C27H43ClN6O4S. The zero-order valence-electron chi connectivity index (χ0n) is 23.8. The topological polar surface area (TPSA) is 126 Å². The quantitative estimate of drug-likeness (QED) is 0.102. The van der Waals surface area contributed by atoms with Crippen LogP contribution in [0.5, 0.6) is 0 Å². The molecule has 0 aromatic carbocycles. The number of unbranched alkanes of at least 4 members (excludes halogenated alkanes) is 12. The van der Waals surface area contributed by atoms with Gasteiger partial charge in [0.2, 0.25) is 5.28 Å². The molecular weight excluding hydrogens is 540 g/mol. The van der Waals surface area contributed by atoms with Crippen molar-refractivity contribution in [3.8, 4) is 0 Å². The fourth-order valence-electron chi connectivity index (χ4n) is 4.81. The summed E-state index contributed by atoms with van der Waals surface area (Å²) in [6, 6.07) is 0. The van der Waals surface area contributed by atoms with Crippen molar-refractivity contribution in [1.82, 2.24) is 29.2 Å². The van der Waals surface area contributed by atoms with Gasteiger partial charge >= 0.3 is 5.76 Å². The highest BCUT2D eigenvalue weighted by Crippen LogP contribution is 2.26. The Hall–Kier alpha value is -2.27. The lowest BCUT2D eigenvalue weighted by atomic mass is 10.0. The van der Waals surface area contributed by atoms with E-state index in [9.17, 15) is 13.2 Å². The van der Waals surface area contributed by atoms with Gasteiger partial charge in [0, 0.05) is 20.0 Å². The number of hydrogen-bond acceptors (Lipinski definition) is 8. The molecule has 0 N–H and O–H groups in total. The van der Waals surface area contributed by atoms with Crippen LogP contribution in [0.15, 0.2) is 14.3 Å². The van der Waals surface area contributed by atoms with Crippen LogP contribution in [-0.4, -0.2) is 42.9 Å². The molecule has 0 aliphatic heterocycles. The molecule has 0 bridgehead atoms. The summed E-state index contributed by atoms with van der Waals surface area (Å²) in [7, 11) is -1.92. The van der Waals surface area contributed by atoms with E-state index in [4.69, 9.17) is 11.6 Å². The van der Waals surface area contributed by atoms with Gasteiger partial charge in [0.25, 0.3) is 0 Å². The van der Waals surface area contributed by atoms with Gasteiger partial charge in [0.05, 0.1) is 5.25 Å². The van der Waals surface area contributed by atoms with E-state index in [-0.39, 0.29) is 16.1 Å². The number of rotatable bonds is 18. The van der Waals surface area contributed by atoms with Gasteiger partial charge in [-0.05, 0) is 45.2 Å². The van der Waals surface area contributed by atoms with Crippen molar-refractivity contribution >= 4 is 32.6 Å². The van der Waals surface area contributed by atoms with E-state index in [1.165, 1.54) is 62.4 Å². The third-order valence-corrected chi connectivity index (χ3v) is 9.53. The van der Waals surface area contributed by atoms with Crippen LogP contribution in [0.25, 0.3) is 11.2 Å². The van der Waals surface area contributed by atoms with Crippen LogP contribution < -0.4 is 5.76 Å². The fraction of sp³-hybridized carbons (Fsp3) is 0.741. The average molecular weight is 583 g/mol. The van der Waals surface area contributed by atoms with Gasteiger partial charge in [-0.25, -0.2) is 23.2 Å². The summed E-state index contributed by atoms with van der Waals surface area (Å²) in [4.78, 5) is 24.0. The summed E-state index contributed by atoms with van der Waals surface area (Å²) in [6.45, 7) is 5.83. The van der Waals surface area contributed by atoms with E-state index in [0.29, 0.717) is 17.7 Å². The number of imidazole rings is 1. The van der Waals surface area contributed by atoms with Crippen LogP contribution in [0, 0.1) is 6.92 Å². The highest BCUT2D eigenvalue weighted by Gasteiger charge is 2.28. The third-order valence-electron chi connectivity index (χ3n) is 7.30. The normalized spacial score (nSPS) is 12.3. The van der Waals surface area contributed by atoms with Crippen molar-refractivity contribution in [2.45, 2.75) is 127 Å². The molecule has 0 aliphatic carbocycles. The Morgan fingerprint density at radius 3 is 1.90 bits per heavy atom. The van der Waals surface area contributed by atoms with E-state index in [2.05, 4.69) is 24.6 Å². The van der Waals surface area contributed by atoms with Crippen molar-refractivity contribution in [1.29, 1.82) is 0 Å². The number of aromatic nitrogens is 6. The zero-order valence-corrected chi connectivity index (χ0v) is 25.4. The number of aryl methyl sites for hydroxylation is 3. The molecule has 3 aromatic heterocycles. The molecule has 0 saturated carbocycles. The van der Waals surface area contributed by atoms with Gasteiger partial charge in [-0.15, -0.1) is 0 Å². The summed E-state index contributed by atoms with van der Waals surface area (Å²) in [5.74, 6) is 1.07. The maximum Gasteiger partial charge on any atom is 0.441 e. The highest BCUT2D eigenvalue weighted by molar-refractivity contribution is 7.92. The molecule has 39 heavy (non-hydrogen) atoms. The van der Waals surface area contributed by atoms with Crippen LogP contribution in [0.3, 0.4) is 0 Å². The highest BCUT2D eigenvalue weighted by atomic mass is 35.5. The van der Waals surface area contributed by atoms with Crippen molar-refractivity contribution in [3.05, 3.63) is 27.5 Å². The van der Waals surface area contributed by atoms with Gasteiger partial charge in [0.15, 0.2) is 26.3 Å². The maximum absolute atomic E-state index is 12.9. The monoisotopic (exact) mass is 582 g/mol. The minimum Gasteiger partial charge on any atom is -0.324 e. The first kappa shape index (κ1) is 31.3. The van der Waals surface area contributed by atoms with Gasteiger partial charge < -0.3 is 4.57 Å². The Bertz CT molecular complexity index is 1360. The molecule has 0 spiro atoms. The summed E-state index contributed by atoms with van der Waals surface area (Å²) in [5, 5.41) is 3.08. The molecule has 3 heterocycles. The van der Waals surface area contributed by atoms with Crippen molar-refractivity contribution < 1.29 is 12.9 Å². The standard InChI is InChI=1S/C27H43ClN6O4S/c1-20(2)39(36,37)25-23-24(30-26(28)31-25)29-21(3)34(23)19-17-15-13-11-9-7-5-6-8-10-12-14-16-18-22-32-38-27(35)33(22)4/h20H,5-19H2,1-4H3. The molecule has 0 atom stereocenters. The molecule has 0 aliphatic rings. The smallest absolute Gasteiger partial charge is 0.324 e. The van der Waals surface area contributed by atoms with Crippen LogP contribution in [0.2, 0.25) is 5.28 Å². The molecule has 0 amide bonds. The molecule has 10 nitrogen and oxygen atoms in total. The van der Waals surface area contributed by atoms with Gasteiger partial charge in [-0.3, -0.25) is 9.09 Å². The van der Waals surface area contributed by atoms with E-state index < -0.39 is 15.1 Å². The Morgan fingerprint density at radius 1 is 0.846 bits per heavy atom. The molecule has 12 heteroatoms. The van der Waals surface area contributed by atoms with Gasteiger partial charge in [-0.1, -0.05) is 75.8 Å². The molecule has 0 radical (unpaired) electrons.